The molecular weight excluding hydrogens is 404 g/mol. The molecule has 0 fully saturated rings. The molecule has 0 saturated carbocycles. The zero-order valence-corrected chi connectivity index (χ0v) is 15.4. The van der Waals surface area contributed by atoms with Gasteiger partial charge in [-0.05, 0) is 63.4 Å². The van der Waals surface area contributed by atoms with Gasteiger partial charge >= 0.3 is 0 Å². The number of nitrogens with one attached hydrogen (secondary N) is 1. The summed E-state index contributed by atoms with van der Waals surface area (Å²) in [5.41, 5.74) is 2.29. The fourth-order valence-electron chi connectivity index (χ4n) is 1.82. The molecular formula is C14H16Br2N2OS. The van der Waals surface area contributed by atoms with Crippen LogP contribution in [0.1, 0.15) is 23.2 Å². The smallest absolute Gasteiger partial charge is 0.147 e. The predicted molar refractivity (Wildman–Crippen MR) is 90.4 cm³/mol. The number of rotatable bonds is 6. The van der Waals surface area contributed by atoms with Crippen LogP contribution in [-0.2, 0) is 13.1 Å². The molecule has 1 N–H and O–H groups in total. The molecule has 108 valence electrons. The summed E-state index contributed by atoms with van der Waals surface area (Å²) < 4.78 is 7.51. The number of hydrogen-bond acceptors (Lipinski definition) is 4. The van der Waals surface area contributed by atoms with Crippen molar-refractivity contribution in [1.29, 1.82) is 0 Å². The average molecular weight is 420 g/mol. The van der Waals surface area contributed by atoms with Crippen LogP contribution in [0.15, 0.2) is 26.5 Å². The maximum absolute atomic E-state index is 5.58. The Morgan fingerprint density at radius 1 is 1.25 bits per heavy atom. The lowest BCUT2D eigenvalue weighted by molar-refractivity contribution is 0.336. The molecule has 0 atom stereocenters. The van der Waals surface area contributed by atoms with Crippen LogP contribution in [0.4, 0.5) is 0 Å². The molecule has 0 radical (unpaired) electrons. The maximum Gasteiger partial charge on any atom is 0.147 e. The van der Waals surface area contributed by atoms with Gasteiger partial charge in [-0.3, -0.25) is 0 Å². The van der Waals surface area contributed by atoms with Gasteiger partial charge in [-0.25, -0.2) is 4.98 Å². The van der Waals surface area contributed by atoms with E-state index >= 15 is 0 Å². The van der Waals surface area contributed by atoms with Gasteiger partial charge in [-0.15, -0.1) is 11.3 Å². The van der Waals surface area contributed by atoms with Crippen LogP contribution in [0.5, 0.6) is 5.75 Å². The topological polar surface area (TPSA) is 34.1 Å². The highest BCUT2D eigenvalue weighted by atomic mass is 79.9. The Bertz CT molecular complexity index is 563. The van der Waals surface area contributed by atoms with Crippen molar-refractivity contribution in [2.45, 2.75) is 26.9 Å². The van der Waals surface area contributed by atoms with Crippen molar-refractivity contribution in [3.05, 3.63) is 42.7 Å². The van der Waals surface area contributed by atoms with Crippen LogP contribution in [0.3, 0.4) is 0 Å². The zero-order valence-electron chi connectivity index (χ0n) is 11.4. The Morgan fingerprint density at radius 3 is 2.50 bits per heavy atom. The Hall–Kier alpha value is -0.430. The largest absolute Gasteiger partial charge is 0.492 e. The molecule has 1 heterocycles. The first-order valence-electron chi connectivity index (χ1n) is 6.32. The van der Waals surface area contributed by atoms with Crippen molar-refractivity contribution < 1.29 is 4.74 Å². The van der Waals surface area contributed by atoms with E-state index in [0.29, 0.717) is 6.61 Å². The molecule has 0 aliphatic rings. The minimum atomic E-state index is 0.651. The summed E-state index contributed by atoms with van der Waals surface area (Å²) in [5.74, 6) is 0.853. The second-order valence-corrected chi connectivity index (χ2v) is 7.05. The van der Waals surface area contributed by atoms with Gasteiger partial charge in [0.25, 0.3) is 0 Å². The van der Waals surface area contributed by atoms with Crippen LogP contribution in [0.2, 0.25) is 0 Å². The number of halogens is 2. The molecule has 2 aromatic rings. The van der Waals surface area contributed by atoms with Crippen LogP contribution in [-0.4, -0.2) is 11.6 Å². The highest BCUT2D eigenvalue weighted by Crippen LogP contribution is 2.34. The summed E-state index contributed by atoms with van der Waals surface area (Å²) in [5, 5.41) is 6.59. The van der Waals surface area contributed by atoms with Gasteiger partial charge < -0.3 is 10.1 Å². The minimum Gasteiger partial charge on any atom is -0.492 e. The van der Waals surface area contributed by atoms with Crippen molar-refractivity contribution in [3.8, 4) is 5.75 Å². The fraction of sp³-hybridized carbons (Fsp3) is 0.357. The molecule has 0 amide bonds. The lowest BCUT2D eigenvalue weighted by atomic mass is 10.2. The third-order valence-corrected chi connectivity index (χ3v) is 4.65. The molecule has 20 heavy (non-hydrogen) atoms. The summed E-state index contributed by atoms with van der Waals surface area (Å²) in [7, 11) is 0. The Balaban J connectivity index is 1.96. The molecule has 0 aliphatic heterocycles. The van der Waals surface area contributed by atoms with E-state index in [1.165, 1.54) is 5.56 Å². The molecule has 0 bridgehead atoms. The Morgan fingerprint density at radius 2 is 1.95 bits per heavy atom. The highest BCUT2D eigenvalue weighted by Gasteiger charge is 2.08. The molecule has 1 aromatic carbocycles. The molecule has 0 saturated heterocycles. The fourth-order valence-corrected chi connectivity index (χ4v) is 3.94. The summed E-state index contributed by atoms with van der Waals surface area (Å²) in [6.45, 7) is 6.23. The van der Waals surface area contributed by atoms with Gasteiger partial charge in [0.1, 0.15) is 5.75 Å². The predicted octanol–water partition coefficient (Wildman–Crippen LogP) is 4.67. The van der Waals surface area contributed by atoms with E-state index in [9.17, 15) is 0 Å². The zero-order chi connectivity index (χ0) is 14.5. The lowest BCUT2D eigenvalue weighted by Gasteiger charge is -2.11. The van der Waals surface area contributed by atoms with Crippen LogP contribution in [0, 0.1) is 6.92 Å². The SMILES string of the molecule is CCOc1c(Br)cc(CNCc2csc(C)n2)cc1Br. The van der Waals surface area contributed by atoms with E-state index in [1.807, 2.05) is 13.8 Å². The van der Waals surface area contributed by atoms with E-state index < -0.39 is 0 Å². The van der Waals surface area contributed by atoms with Crippen molar-refractivity contribution in [1.82, 2.24) is 10.3 Å². The van der Waals surface area contributed by atoms with Crippen molar-refractivity contribution in [3.63, 3.8) is 0 Å². The summed E-state index contributed by atoms with van der Waals surface area (Å²) in [4.78, 5) is 4.43. The lowest BCUT2D eigenvalue weighted by Crippen LogP contribution is -2.13. The van der Waals surface area contributed by atoms with Crippen molar-refractivity contribution in [2.75, 3.05) is 6.61 Å². The first-order chi connectivity index (χ1) is 9.60. The first kappa shape index (κ1) is 15.9. The van der Waals surface area contributed by atoms with E-state index in [4.69, 9.17) is 4.74 Å². The van der Waals surface area contributed by atoms with Crippen LogP contribution in [0.25, 0.3) is 0 Å². The number of benzene rings is 1. The minimum absolute atomic E-state index is 0.651. The van der Waals surface area contributed by atoms with E-state index in [1.54, 1.807) is 11.3 Å². The first-order valence-corrected chi connectivity index (χ1v) is 8.79. The molecule has 0 unspecified atom stereocenters. The molecule has 6 heteroatoms. The summed E-state index contributed by atoms with van der Waals surface area (Å²) in [6, 6.07) is 4.16. The van der Waals surface area contributed by atoms with E-state index in [-0.39, 0.29) is 0 Å². The van der Waals surface area contributed by atoms with Gasteiger partial charge in [-0.1, -0.05) is 0 Å². The molecule has 0 spiro atoms. The normalized spacial score (nSPS) is 10.8. The van der Waals surface area contributed by atoms with Crippen LogP contribution >= 0.6 is 43.2 Å². The van der Waals surface area contributed by atoms with Gasteiger partial charge in [-0.2, -0.15) is 0 Å². The Labute approximate surface area is 140 Å². The summed E-state index contributed by atoms with van der Waals surface area (Å²) in [6.07, 6.45) is 0. The average Bonchev–Trinajstić information content (AvgIpc) is 2.80. The summed E-state index contributed by atoms with van der Waals surface area (Å²) >= 11 is 8.77. The number of aryl methyl sites for hydroxylation is 1. The van der Waals surface area contributed by atoms with Crippen LogP contribution < -0.4 is 10.1 Å². The molecule has 0 aliphatic carbocycles. The van der Waals surface area contributed by atoms with Crippen molar-refractivity contribution >= 4 is 43.2 Å². The van der Waals surface area contributed by atoms with Gasteiger partial charge in [0.2, 0.25) is 0 Å². The molecule has 2 rings (SSSR count). The second-order valence-electron chi connectivity index (χ2n) is 4.28. The van der Waals surface area contributed by atoms with Gasteiger partial charge in [0.15, 0.2) is 0 Å². The highest BCUT2D eigenvalue weighted by molar-refractivity contribution is 9.11. The third kappa shape index (κ3) is 4.28. The van der Waals surface area contributed by atoms with Gasteiger partial charge in [0.05, 0.1) is 26.3 Å². The molecule has 3 nitrogen and oxygen atoms in total. The third-order valence-electron chi connectivity index (χ3n) is 2.65. The molecule has 1 aromatic heterocycles. The monoisotopic (exact) mass is 418 g/mol. The van der Waals surface area contributed by atoms with Crippen molar-refractivity contribution in [2.24, 2.45) is 0 Å². The number of hydrogen-bond donors (Lipinski definition) is 1. The number of aromatic nitrogens is 1. The number of thiazole rings is 1. The second kappa shape index (κ2) is 7.54. The standard InChI is InChI=1S/C14H16Br2N2OS/c1-3-19-14-12(15)4-10(5-13(14)16)6-17-7-11-8-20-9(2)18-11/h4-5,8,17H,3,6-7H2,1-2H3. The number of nitrogens with zero attached hydrogens (tertiary/aromatic N) is 1. The quantitative estimate of drug-likeness (QED) is 0.738. The van der Waals surface area contributed by atoms with Gasteiger partial charge in [0, 0.05) is 18.5 Å². The van der Waals surface area contributed by atoms with E-state index in [0.717, 1.165) is 38.5 Å². The van der Waals surface area contributed by atoms with E-state index in [2.05, 4.69) is 59.7 Å². The number of ether oxygens (including phenoxy) is 1. The Kier molecular flexibility index (Phi) is 6.01. The maximum atomic E-state index is 5.58.